The summed E-state index contributed by atoms with van der Waals surface area (Å²) in [5.74, 6) is -1.68. The number of phenols is 2. The summed E-state index contributed by atoms with van der Waals surface area (Å²) in [5.41, 5.74) is 0.530. The Kier molecular flexibility index (Phi) is 12.0. The number of ether oxygens (including phenoxy) is 3. The van der Waals surface area contributed by atoms with Gasteiger partial charge in [0.15, 0.2) is 6.61 Å². The average molecular weight is 600 g/mol. The lowest BCUT2D eigenvalue weighted by molar-refractivity contribution is -0.141. The van der Waals surface area contributed by atoms with E-state index in [0.29, 0.717) is 57.9 Å². The number of oxime groups is 1. The maximum Gasteiger partial charge on any atom is 0.342 e. The van der Waals surface area contributed by atoms with E-state index in [9.17, 15) is 24.6 Å². The van der Waals surface area contributed by atoms with Crippen molar-refractivity contribution in [2.75, 3.05) is 52.6 Å². The fourth-order valence-electron chi connectivity index (χ4n) is 5.10. The largest absolute Gasteiger partial charge is 0.508 e. The summed E-state index contributed by atoms with van der Waals surface area (Å²) in [6, 6.07) is 2.44. The third kappa shape index (κ3) is 9.82. The highest BCUT2D eigenvalue weighted by Gasteiger charge is 2.23. The molecule has 0 saturated carbocycles. The Balaban J connectivity index is 1.53. The number of carbonyl (C=O) groups is 3. The van der Waals surface area contributed by atoms with E-state index in [2.05, 4.69) is 5.16 Å². The van der Waals surface area contributed by atoms with Gasteiger partial charge in [-0.25, -0.2) is 4.79 Å². The lowest BCUT2D eigenvalue weighted by Crippen LogP contribution is -2.42. The van der Waals surface area contributed by atoms with Crippen LogP contribution >= 0.6 is 0 Å². The summed E-state index contributed by atoms with van der Waals surface area (Å²) in [6.07, 6.45) is 9.91. The first-order chi connectivity index (χ1) is 20.8. The zero-order valence-corrected chi connectivity index (χ0v) is 24.6. The molecule has 2 N–H and O–H groups in total. The number of hydrogen-bond acceptors (Lipinski definition) is 10. The van der Waals surface area contributed by atoms with Gasteiger partial charge in [0.1, 0.15) is 29.8 Å². The normalized spacial score (nSPS) is 22.9. The van der Waals surface area contributed by atoms with Crippen molar-refractivity contribution < 1.29 is 43.6 Å². The predicted octanol–water partition coefficient (Wildman–Crippen LogP) is 2.72. The number of nitrogens with zero attached hydrogens (tertiary/aromatic N) is 3. The van der Waals surface area contributed by atoms with Crippen molar-refractivity contribution in [1.29, 1.82) is 0 Å². The van der Waals surface area contributed by atoms with E-state index in [1.807, 2.05) is 12.2 Å². The monoisotopic (exact) mass is 599 g/mol. The number of benzene rings is 1. The second-order valence-electron chi connectivity index (χ2n) is 10.8. The van der Waals surface area contributed by atoms with Crippen LogP contribution in [-0.2, 0) is 35.1 Å². The number of likely N-dealkylation sites (tertiary alicyclic amines) is 1. The van der Waals surface area contributed by atoms with Gasteiger partial charge in [0.25, 0.3) is 5.91 Å². The second kappa shape index (κ2) is 16.1. The minimum atomic E-state index is -0.751. The number of phenolic OH excluding ortho intramolecular Hbond substituents is 2. The predicted molar refractivity (Wildman–Crippen MR) is 157 cm³/mol. The highest BCUT2D eigenvalue weighted by Crippen LogP contribution is 2.29. The van der Waals surface area contributed by atoms with Crippen LogP contribution in [0.15, 0.2) is 41.6 Å². The van der Waals surface area contributed by atoms with Crippen molar-refractivity contribution in [3.8, 4) is 11.5 Å². The van der Waals surface area contributed by atoms with E-state index < -0.39 is 23.9 Å². The first-order valence-electron chi connectivity index (χ1n) is 14.8. The number of cyclic esters (lactones) is 1. The minimum Gasteiger partial charge on any atom is -0.508 e. The number of aromatic hydroxyl groups is 2. The Morgan fingerprint density at radius 2 is 1.70 bits per heavy atom. The van der Waals surface area contributed by atoms with Gasteiger partial charge in [0.05, 0.1) is 25.0 Å². The highest BCUT2D eigenvalue weighted by atomic mass is 16.6. The molecule has 0 bridgehead atoms. The van der Waals surface area contributed by atoms with Gasteiger partial charge < -0.3 is 39.1 Å². The van der Waals surface area contributed by atoms with Crippen molar-refractivity contribution in [1.82, 2.24) is 9.80 Å². The number of esters is 1. The van der Waals surface area contributed by atoms with Crippen molar-refractivity contribution >= 4 is 23.5 Å². The molecule has 2 saturated heterocycles. The molecule has 2 atom stereocenters. The van der Waals surface area contributed by atoms with Gasteiger partial charge >= 0.3 is 5.97 Å². The van der Waals surface area contributed by atoms with Gasteiger partial charge in [-0.3, -0.25) is 9.59 Å². The fourth-order valence-corrected chi connectivity index (χ4v) is 5.10. The molecule has 2 amide bonds. The van der Waals surface area contributed by atoms with Gasteiger partial charge in [-0.2, -0.15) is 0 Å². The van der Waals surface area contributed by atoms with E-state index in [-0.39, 0.29) is 48.3 Å². The van der Waals surface area contributed by atoms with Crippen LogP contribution in [0.25, 0.3) is 0 Å². The highest BCUT2D eigenvalue weighted by molar-refractivity contribution is 6.00. The summed E-state index contributed by atoms with van der Waals surface area (Å²) in [6.45, 7) is 4.82. The summed E-state index contributed by atoms with van der Waals surface area (Å²) >= 11 is 0. The van der Waals surface area contributed by atoms with Crippen LogP contribution in [0, 0.1) is 0 Å². The molecule has 3 heterocycles. The van der Waals surface area contributed by atoms with Crippen LogP contribution in [0.5, 0.6) is 11.5 Å². The summed E-state index contributed by atoms with van der Waals surface area (Å²) < 4.78 is 16.9. The van der Waals surface area contributed by atoms with Crippen molar-refractivity contribution in [3.63, 3.8) is 0 Å². The molecule has 2 fully saturated rings. The third-order valence-corrected chi connectivity index (χ3v) is 7.43. The van der Waals surface area contributed by atoms with Crippen LogP contribution in [-0.4, -0.2) is 108 Å². The lowest BCUT2D eigenvalue weighted by Gasteiger charge is -2.27. The quantitative estimate of drug-likeness (QED) is 0.286. The Morgan fingerprint density at radius 1 is 0.977 bits per heavy atom. The number of hydrogen-bond donors (Lipinski definition) is 2. The van der Waals surface area contributed by atoms with E-state index >= 15 is 0 Å². The molecule has 0 radical (unpaired) electrons. The van der Waals surface area contributed by atoms with Crippen LogP contribution in [0.3, 0.4) is 0 Å². The smallest absolute Gasteiger partial charge is 0.342 e. The zero-order valence-electron chi connectivity index (χ0n) is 24.6. The Morgan fingerprint density at radius 3 is 2.47 bits per heavy atom. The first kappa shape index (κ1) is 32.0. The van der Waals surface area contributed by atoms with Gasteiger partial charge in [0, 0.05) is 45.1 Å². The molecular formula is C31H41N3O9. The van der Waals surface area contributed by atoms with Crippen molar-refractivity contribution in [2.45, 2.75) is 57.7 Å². The Bertz CT molecular complexity index is 1220. The molecule has 0 aliphatic carbocycles. The second-order valence-corrected chi connectivity index (χ2v) is 10.8. The molecule has 1 aromatic rings. The number of amides is 2. The minimum absolute atomic E-state index is 0.00788. The third-order valence-electron chi connectivity index (χ3n) is 7.43. The fraction of sp³-hybridized carbons (Fsp3) is 0.548. The van der Waals surface area contributed by atoms with Gasteiger partial charge in [0.2, 0.25) is 5.91 Å². The maximum absolute atomic E-state index is 13.1. The molecule has 234 valence electrons. The number of rotatable bonds is 6. The number of piperidine rings is 1. The summed E-state index contributed by atoms with van der Waals surface area (Å²) in [7, 11) is 0. The van der Waals surface area contributed by atoms with Gasteiger partial charge in [-0.15, -0.1) is 0 Å². The van der Waals surface area contributed by atoms with E-state index in [4.69, 9.17) is 19.0 Å². The molecule has 0 spiro atoms. The number of carbonyl (C=O) groups excluding carboxylic acids is 3. The standard InChI is InChI=1S/C31H41N3O9/c1-22-7-5-9-26(41-20-28(37)34-13-15-40-16-14-34)10-6-8-24(32-42-21-29(38)33-11-3-2-4-12-33)17-23-18-25(35)19-27(36)30(23)31(39)43-22/h5-6,8-9,18-19,22,26,35-36H,2-4,7,10-17,20-21H2,1H3/t22-,26-/m1/s1. The lowest BCUT2D eigenvalue weighted by atomic mass is 9.99. The van der Waals surface area contributed by atoms with Crippen molar-refractivity contribution in [3.05, 3.63) is 47.6 Å². The van der Waals surface area contributed by atoms with Crippen LogP contribution in [0.4, 0.5) is 0 Å². The van der Waals surface area contributed by atoms with Crippen LogP contribution < -0.4 is 0 Å². The Labute approximate surface area is 251 Å². The molecule has 4 rings (SSSR count). The average Bonchev–Trinajstić information content (AvgIpc) is 2.99. The van der Waals surface area contributed by atoms with Gasteiger partial charge in [-0.1, -0.05) is 23.4 Å². The number of morpholine rings is 1. The molecule has 12 heteroatoms. The SMILES string of the molecule is C[C@@H]1CC=C[C@@H](OCC(=O)N2CCOCC2)CC=CC(=NOCC(=O)N2CCCCC2)Cc2cc(O)cc(O)c2C(=O)O1. The van der Waals surface area contributed by atoms with Crippen LogP contribution in [0.2, 0.25) is 0 Å². The zero-order chi connectivity index (χ0) is 30.6. The van der Waals surface area contributed by atoms with Crippen molar-refractivity contribution in [2.24, 2.45) is 5.16 Å². The topological polar surface area (TPSA) is 147 Å². The molecular weight excluding hydrogens is 558 g/mol. The molecule has 43 heavy (non-hydrogen) atoms. The summed E-state index contributed by atoms with van der Waals surface area (Å²) in [4.78, 5) is 47.2. The maximum atomic E-state index is 13.1. The number of fused-ring (bicyclic) bond motifs is 1. The molecule has 0 unspecified atom stereocenters. The van der Waals surface area contributed by atoms with E-state index in [1.165, 1.54) is 6.07 Å². The summed E-state index contributed by atoms with van der Waals surface area (Å²) in [5, 5.41) is 24.9. The first-order valence-corrected chi connectivity index (χ1v) is 14.8. The van der Waals surface area contributed by atoms with E-state index in [0.717, 1.165) is 25.3 Å². The molecule has 3 aliphatic rings. The molecule has 12 nitrogen and oxygen atoms in total. The van der Waals surface area contributed by atoms with Gasteiger partial charge in [-0.05, 0) is 50.3 Å². The molecule has 3 aliphatic heterocycles. The molecule has 0 aromatic heterocycles. The number of allylic oxidation sites excluding steroid dienone is 1. The molecule has 1 aromatic carbocycles. The van der Waals surface area contributed by atoms with E-state index in [1.54, 1.807) is 28.9 Å². The van der Waals surface area contributed by atoms with Crippen LogP contribution in [0.1, 0.15) is 54.9 Å². The Hall–Kier alpha value is -3.90.